The fraction of sp³-hybridized carbons (Fsp3) is 0.400. The van der Waals surface area contributed by atoms with Gasteiger partial charge in [0.1, 0.15) is 0 Å². The molecule has 0 saturated carbocycles. The first kappa shape index (κ1) is 19.6. The van der Waals surface area contributed by atoms with E-state index in [4.69, 9.17) is 10.00 Å². The highest BCUT2D eigenvalue weighted by molar-refractivity contribution is 5.82. The molecule has 1 aromatic carbocycles. The van der Waals surface area contributed by atoms with Crippen LogP contribution in [0.2, 0.25) is 0 Å². The number of rotatable bonds is 6. The minimum absolute atomic E-state index is 0.0457. The van der Waals surface area contributed by atoms with Crippen molar-refractivity contribution in [3.05, 3.63) is 35.5 Å². The van der Waals surface area contributed by atoms with Gasteiger partial charge in [-0.1, -0.05) is 0 Å². The van der Waals surface area contributed by atoms with Gasteiger partial charge in [0.05, 0.1) is 23.5 Å². The summed E-state index contributed by atoms with van der Waals surface area (Å²) in [4.78, 5) is 24.5. The predicted octanol–water partition coefficient (Wildman–Crippen LogP) is 2.61. The zero-order valence-electron chi connectivity index (χ0n) is 16.3. The van der Waals surface area contributed by atoms with E-state index in [1.165, 1.54) is 0 Å². The number of hydrogen-bond donors (Lipinski definition) is 1. The Morgan fingerprint density at radius 1 is 1.32 bits per heavy atom. The lowest BCUT2D eigenvalue weighted by molar-refractivity contribution is -0.108. The minimum atomic E-state index is 0.0457. The van der Waals surface area contributed by atoms with Crippen molar-refractivity contribution in [1.82, 2.24) is 9.97 Å². The number of nitrogens with one attached hydrogen (secondary N) is 1. The van der Waals surface area contributed by atoms with Crippen LogP contribution in [0.4, 0.5) is 23.1 Å². The lowest BCUT2D eigenvalue weighted by Crippen LogP contribution is -2.40. The second-order valence-electron chi connectivity index (χ2n) is 6.92. The van der Waals surface area contributed by atoms with Crippen LogP contribution in [0.25, 0.3) is 0 Å². The molecule has 1 aliphatic rings. The number of nitrogens with zero attached hydrogens (tertiary/aromatic N) is 5. The summed E-state index contributed by atoms with van der Waals surface area (Å²) in [6, 6.07) is 7.54. The van der Waals surface area contributed by atoms with E-state index in [0.717, 1.165) is 36.2 Å². The lowest BCUT2D eigenvalue weighted by Gasteiger charge is -2.32. The highest BCUT2D eigenvalue weighted by atomic mass is 16.5. The molecule has 0 radical (unpaired) electrons. The van der Waals surface area contributed by atoms with E-state index in [9.17, 15) is 4.79 Å². The Morgan fingerprint density at radius 2 is 2.07 bits per heavy atom. The van der Waals surface area contributed by atoms with Crippen molar-refractivity contribution in [1.29, 1.82) is 5.26 Å². The number of ether oxygens (including phenoxy) is 1. The van der Waals surface area contributed by atoms with Gasteiger partial charge in [0.2, 0.25) is 12.4 Å². The highest BCUT2D eigenvalue weighted by Gasteiger charge is 2.26. The quantitative estimate of drug-likeness (QED) is 0.770. The molecule has 0 spiro atoms. The van der Waals surface area contributed by atoms with E-state index >= 15 is 0 Å². The normalized spacial score (nSPS) is 14.2. The summed E-state index contributed by atoms with van der Waals surface area (Å²) in [6.07, 6.45) is 4.09. The summed E-state index contributed by atoms with van der Waals surface area (Å²) in [5.41, 5.74) is 3.09. The second-order valence-corrected chi connectivity index (χ2v) is 6.92. The predicted molar refractivity (Wildman–Crippen MR) is 108 cm³/mol. The topological polar surface area (TPSA) is 94.4 Å². The molecular formula is C20H24N6O2. The van der Waals surface area contributed by atoms with Crippen LogP contribution in [0.3, 0.4) is 0 Å². The van der Waals surface area contributed by atoms with Crippen LogP contribution in [0.1, 0.15) is 24.0 Å². The van der Waals surface area contributed by atoms with Gasteiger partial charge in [0.25, 0.3) is 0 Å². The second kappa shape index (κ2) is 8.67. The van der Waals surface area contributed by atoms with E-state index in [1.54, 1.807) is 23.2 Å². The number of amides is 1. The molecule has 8 nitrogen and oxygen atoms in total. The highest BCUT2D eigenvalue weighted by Crippen LogP contribution is 2.30. The van der Waals surface area contributed by atoms with Crippen molar-refractivity contribution in [2.45, 2.75) is 25.8 Å². The summed E-state index contributed by atoms with van der Waals surface area (Å²) < 4.78 is 5.42. The van der Waals surface area contributed by atoms with Gasteiger partial charge in [-0.05, 0) is 43.5 Å². The van der Waals surface area contributed by atoms with Crippen molar-refractivity contribution in [2.75, 3.05) is 42.4 Å². The lowest BCUT2D eigenvalue weighted by atomic mass is 10.1. The van der Waals surface area contributed by atoms with Gasteiger partial charge in [-0.25, -0.2) is 4.98 Å². The number of aromatic nitrogens is 2. The molecule has 1 saturated heterocycles. The van der Waals surface area contributed by atoms with E-state index in [0.29, 0.717) is 30.5 Å². The van der Waals surface area contributed by atoms with Gasteiger partial charge in [-0.3, -0.25) is 9.69 Å². The average molecular weight is 380 g/mol. The molecule has 0 atom stereocenters. The summed E-state index contributed by atoms with van der Waals surface area (Å²) in [5, 5.41) is 12.2. The van der Waals surface area contributed by atoms with Gasteiger partial charge >= 0.3 is 0 Å². The zero-order valence-corrected chi connectivity index (χ0v) is 16.3. The number of nitriles is 1. The molecule has 0 bridgehead atoms. The summed E-state index contributed by atoms with van der Waals surface area (Å²) >= 11 is 0. The first-order chi connectivity index (χ1) is 13.5. The number of carbonyl (C=O) groups excluding carboxylic acids is 1. The Kier molecular flexibility index (Phi) is 6.06. The summed E-state index contributed by atoms with van der Waals surface area (Å²) in [6.45, 7) is 3.18. The number of benzene rings is 1. The Labute approximate surface area is 164 Å². The van der Waals surface area contributed by atoms with Crippen LogP contribution in [0.5, 0.6) is 0 Å². The molecule has 1 aliphatic heterocycles. The molecule has 2 aromatic rings. The Balaban J connectivity index is 1.95. The molecule has 1 aromatic heterocycles. The van der Waals surface area contributed by atoms with E-state index in [-0.39, 0.29) is 6.04 Å². The summed E-state index contributed by atoms with van der Waals surface area (Å²) in [5.74, 6) is 0.961. The van der Waals surface area contributed by atoms with E-state index in [2.05, 4.69) is 21.4 Å². The molecule has 1 N–H and O–H groups in total. The SMILES string of the molecule is Cc1cc(C#N)ccc1Nc1ncc(N(C)C)c(N(C=O)C2CCOCC2)n1. The largest absolute Gasteiger partial charge is 0.381 e. The molecule has 3 rings (SSSR count). The van der Waals surface area contributed by atoms with Crippen LogP contribution in [0, 0.1) is 18.3 Å². The van der Waals surface area contributed by atoms with Crippen LogP contribution < -0.4 is 15.1 Å². The monoisotopic (exact) mass is 380 g/mol. The fourth-order valence-electron chi connectivity index (χ4n) is 3.20. The number of aryl methyl sites for hydroxylation is 1. The van der Waals surface area contributed by atoms with E-state index < -0.39 is 0 Å². The van der Waals surface area contributed by atoms with Gasteiger partial charge in [-0.15, -0.1) is 0 Å². The number of hydrogen-bond acceptors (Lipinski definition) is 7. The average Bonchev–Trinajstić information content (AvgIpc) is 2.71. The molecule has 1 amide bonds. The number of anilines is 4. The number of carbonyl (C=O) groups is 1. The van der Waals surface area contributed by atoms with Gasteiger partial charge in [0.15, 0.2) is 5.82 Å². The van der Waals surface area contributed by atoms with Crippen molar-refractivity contribution in [3.8, 4) is 6.07 Å². The van der Waals surface area contributed by atoms with Gasteiger partial charge in [0, 0.05) is 39.0 Å². The van der Waals surface area contributed by atoms with Gasteiger partial charge < -0.3 is 15.0 Å². The Hall–Kier alpha value is -3.18. The first-order valence-electron chi connectivity index (χ1n) is 9.17. The van der Waals surface area contributed by atoms with Crippen LogP contribution in [-0.2, 0) is 9.53 Å². The molecule has 2 heterocycles. The van der Waals surface area contributed by atoms with Crippen molar-refractivity contribution in [2.24, 2.45) is 0 Å². The van der Waals surface area contributed by atoms with Crippen LogP contribution in [0.15, 0.2) is 24.4 Å². The molecule has 146 valence electrons. The summed E-state index contributed by atoms with van der Waals surface area (Å²) in [7, 11) is 3.79. The van der Waals surface area contributed by atoms with E-state index in [1.807, 2.05) is 32.0 Å². The standard InChI is InChI=1S/C20H24N6O2/c1-14-10-15(11-21)4-5-17(14)23-20-22-12-18(25(2)3)19(24-20)26(13-27)16-6-8-28-9-7-16/h4-5,10,12-13,16H,6-9H2,1-3H3,(H,22,23,24). The third-order valence-corrected chi connectivity index (χ3v) is 4.78. The van der Waals surface area contributed by atoms with Gasteiger partial charge in [-0.2, -0.15) is 10.2 Å². The van der Waals surface area contributed by atoms with Crippen LogP contribution in [-0.4, -0.2) is 49.7 Å². The third kappa shape index (κ3) is 4.21. The minimum Gasteiger partial charge on any atom is -0.381 e. The maximum atomic E-state index is 11.9. The molecule has 8 heteroatoms. The smallest absolute Gasteiger partial charge is 0.229 e. The molecule has 1 fully saturated rings. The molecule has 0 aliphatic carbocycles. The Morgan fingerprint density at radius 3 is 2.68 bits per heavy atom. The van der Waals surface area contributed by atoms with Crippen LogP contribution >= 0.6 is 0 Å². The fourth-order valence-corrected chi connectivity index (χ4v) is 3.20. The molecule has 28 heavy (non-hydrogen) atoms. The third-order valence-electron chi connectivity index (χ3n) is 4.78. The van der Waals surface area contributed by atoms with Crippen molar-refractivity contribution < 1.29 is 9.53 Å². The van der Waals surface area contributed by atoms with Crippen molar-refractivity contribution >= 4 is 29.6 Å². The Bertz CT molecular complexity index is 887. The maximum absolute atomic E-state index is 11.9. The molecular weight excluding hydrogens is 356 g/mol. The van der Waals surface area contributed by atoms with Crippen molar-refractivity contribution in [3.63, 3.8) is 0 Å². The first-order valence-corrected chi connectivity index (χ1v) is 9.17. The molecule has 0 unspecified atom stereocenters. The maximum Gasteiger partial charge on any atom is 0.229 e. The zero-order chi connectivity index (χ0) is 20.1.